The molecule has 3 aromatic carbocycles. The number of carboxylic acid groups (broad SMARTS) is 1. The molecule has 1 amide bonds. The monoisotopic (exact) mass is 575 g/mol. The highest BCUT2D eigenvalue weighted by Gasteiger charge is 2.31. The number of amides is 1. The van der Waals surface area contributed by atoms with Crippen LogP contribution in [-0.4, -0.2) is 34.9 Å². The molecule has 0 saturated heterocycles. The van der Waals surface area contributed by atoms with E-state index in [2.05, 4.69) is 15.4 Å². The normalized spacial score (nSPS) is 11.2. The molecular weight excluding hydrogens is 555 g/mol. The van der Waals surface area contributed by atoms with Crippen LogP contribution in [0.25, 0.3) is 21.7 Å². The van der Waals surface area contributed by atoms with E-state index in [0.29, 0.717) is 33.5 Å². The van der Waals surface area contributed by atoms with Crippen molar-refractivity contribution in [2.75, 3.05) is 11.9 Å². The number of hydrogen-bond acceptors (Lipinski definition) is 6. The standard InChI is InChI=1S/C27H21ClF3N3O4S/c28-20-9-5-18(6-10-20)24-23(17-7-11-21(12-8-17)38-27(29,30)31)34-26(39-24)33-15-16-1-3-19(4-2-16)25(37)32-14-13-22(35)36/h1-12H,13-15H2,(H,32,37)(H,33,34)(H,35,36). The molecule has 12 heteroatoms. The average molecular weight is 576 g/mol. The Labute approximate surface area is 230 Å². The maximum absolute atomic E-state index is 12.6. The minimum atomic E-state index is -4.78. The first kappa shape index (κ1) is 27.9. The summed E-state index contributed by atoms with van der Waals surface area (Å²) in [5.74, 6) is -1.68. The highest BCUT2D eigenvalue weighted by Crippen LogP contribution is 2.40. The maximum Gasteiger partial charge on any atom is 0.573 e. The topological polar surface area (TPSA) is 101 Å². The van der Waals surface area contributed by atoms with E-state index in [1.54, 1.807) is 36.4 Å². The second kappa shape index (κ2) is 12.2. The largest absolute Gasteiger partial charge is 0.573 e. The van der Waals surface area contributed by atoms with Gasteiger partial charge < -0.3 is 20.5 Å². The fourth-order valence-electron chi connectivity index (χ4n) is 3.54. The summed E-state index contributed by atoms with van der Waals surface area (Å²) in [7, 11) is 0. The summed E-state index contributed by atoms with van der Waals surface area (Å²) in [5, 5.41) is 15.6. The van der Waals surface area contributed by atoms with Gasteiger partial charge in [0.2, 0.25) is 0 Å². The molecular formula is C27H21ClF3N3O4S. The van der Waals surface area contributed by atoms with E-state index in [0.717, 1.165) is 16.0 Å². The van der Waals surface area contributed by atoms with Gasteiger partial charge in [0, 0.05) is 29.2 Å². The highest BCUT2D eigenvalue weighted by molar-refractivity contribution is 7.19. The van der Waals surface area contributed by atoms with Crippen molar-refractivity contribution < 1.29 is 32.6 Å². The van der Waals surface area contributed by atoms with Crippen LogP contribution >= 0.6 is 22.9 Å². The van der Waals surface area contributed by atoms with Crippen molar-refractivity contribution >= 4 is 39.9 Å². The Bertz CT molecular complexity index is 1440. The molecule has 0 spiro atoms. The number of hydrogen-bond donors (Lipinski definition) is 3. The van der Waals surface area contributed by atoms with Crippen molar-refractivity contribution in [2.24, 2.45) is 0 Å². The number of benzene rings is 3. The van der Waals surface area contributed by atoms with Gasteiger partial charge in [-0.15, -0.1) is 13.2 Å². The number of alkyl halides is 3. The molecule has 7 nitrogen and oxygen atoms in total. The summed E-state index contributed by atoms with van der Waals surface area (Å²) in [4.78, 5) is 28.2. The molecule has 1 aromatic heterocycles. The molecule has 0 fully saturated rings. The number of aliphatic carboxylic acids is 1. The number of nitrogens with one attached hydrogen (secondary N) is 2. The van der Waals surface area contributed by atoms with Crippen LogP contribution in [0.1, 0.15) is 22.3 Å². The van der Waals surface area contributed by atoms with Crippen LogP contribution in [0.5, 0.6) is 5.75 Å². The number of aromatic nitrogens is 1. The molecule has 39 heavy (non-hydrogen) atoms. The van der Waals surface area contributed by atoms with E-state index in [1.807, 2.05) is 12.1 Å². The molecule has 0 saturated carbocycles. The van der Waals surface area contributed by atoms with Crippen molar-refractivity contribution in [1.29, 1.82) is 0 Å². The quantitative estimate of drug-likeness (QED) is 0.191. The molecule has 4 rings (SSSR count). The van der Waals surface area contributed by atoms with Crippen LogP contribution in [0.2, 0.25) is 5.02 Å². The third-order valence-corrected chi connectivity index (χ3v) is 6.69. The summed E-state index contributed by atoms with van der Waals surface area (Å²) < 4.78 is 41.6. The molecule has 3 N–H and O–H groups in total. The summed E-state index contributed by atoms with van der Waals surface area (Å²) in [6.45, 7) is 0.435. The lowest BCUT2D eigenvalue weighted by molar-refractivity contribution is -0.274. The molecule has 0 aliphatic rings. The number of carbonyl (C=O) groups excluding carboxylic acids is 1. The third-order valence-electron chi connectivity index (χ3n) is 5.38. The number of carboxylic acids is 1. The van der Waals surface area contributed by atoms with Crippen molar-refractivity contribution in [2.45, 2.75) is 19.3 Å². The fraction of sp³-hybridized carbons (Fsp3) is 0.148. The minimum Gasteiger partial charge on any atom is -0.481 e. The van der Waals surface area contributed by atoms with E-state index in [9.17, 15) is 22.8 Å². The van der Waals surface area contributed by atoms with Gasteiger partial charge in [-0.25, -0.2) is 4.98 Å². The first-order valence-electron chi connectivity index (χ1n) is 11.5. The SMILES string of the molecule is O=C(O)CCNC(=O)c1ccc(CNc2nc(-c3ccc(OC(F)(F)F)cc3)c(-c3ccc(Cl)cc3)s2)cc1. The van der Waals surface area contributed by atoms with Crippen LogP contribution in [-0.2, 0) is 11.3 Å². The number of thiazole rings is 1. The van der Waals surface area contributed by atoms with Gasteiger partial charge in [0.15, 0.2) is 5.13 Å². The zero-order chi connectivity index (χ0) is 28.0. The maximum atomic E-state index is 12.6. The smallest absolute Gasteiger partial charge is 0.481 e. The first-order valence-corrected chi connectivity index (χ1v) is 12.7. The minimum absolute atomic E-state index is 0.0396. The van der Waals surface area contributed by atoms with Gasteiger partial charge in [-0.2, -0.15) is 0 Å². The second-order valence-corrected chi connectivity index (χ2v) is 9.66. The molecule has 0 atom stereocenters. The van der Waals surface area contributed by atoms with Crippen molar-refractivity contribution in [3.63, 3.8) is 0 Å². The van der Waals surface area contributed by atoms with E-state index < -0.39 is 12.3 Å². The van der Waals surface area contributed by atoms with Crippen LogP contribution in [0.15, 0.2) is 72.8 Å². The zero-order valence-corrected chi connectivity index (χ0v) is 21.7. The van der Waals surface area contributed by atoms with Crippen LogP contribution in [0.3, 0.4) is 0 Å². The van der Waals surface area contributed by atoms with Gasteiger partial charge in [-0.3, -0.25) is 9.59 Å². The van der Waals surface area contributed by atoms with Gasteiger partial charge in [-0.1, -0.05) is 47.2 Å². The third kappa shape index (κ3) is 7.95. The Morgan fingerprint density at radius 1 is 0.949 bits per heavy atom. The molecule has 0 radical (unpaired) electrons. The Morgan fingerprint density at radius 3 is 2.21 bits per heavy atom. The Balaban J connectivity index is 1.51. The van der Waals surface area contributed by atoms with E-state index >= 15 is 0 Å². The van der Waals surface area contributed by atoms with E-state index in [1.165, 1.54) is 35.6 Å². The lowest BCUT2D eigenvalue weighted by Gasteiger charge is -2.09. The van der Waals surface area contributed by atoms with E-state index in [4.69, 9.17) is 21.7 Å². The Morgan fingerprint density at radius 2 is 1.59 bits per heavy atom. The zero-order valence-electron chi connectivity index (χ0n) is 20.1. The van der Waals surface area contributed by atoms with Gasteiger partial charge in [0.05, 0.1) is 17.0 Å². The summed E-state index contributed by atoms with van der Waals surface area (Å²) in [6, 6.07) is 19.5. The molecule has 0 bridgehead atoms. The Hall–Kier alpha value is -4.09. The molecule has 0 aliphatic carbocycles. The van der Waals surface area contributed by atoms with Gasteiger partial charge in [0.1, 0.15) is 5.75 Å². The van der Waals surface area contributed by atoms with Crippen LogP contribution in [0, 0.1) is 0 Å². The molecule has 1 heterocycles. The van der Waals surface area contributed by atoms with Crippen molar-refractivity contribution in [3.8, 4) is 27.4 Å². The fourth-order valence-corrected chi connectivity index (χ4v) is 4.65. The predicted molar refractivity (Wildman–Crippen MR) is 143 cm³/mol. The van der Waals surface area contributed by atoms with Gasteiger partial charge in [-0.05, 0) is 59.7 Å². The number of nitrogens with zero attached hydrogens (tertiary/aromatic N) is 1. The highest BCUT2D eigenvalue weighted by atomic mass is 35.5. The summed E-state index contributed by atoms with van der Waals surface area (Å²) in [5.41, 5.74) is 3.31. The number of anilines is 1. The molecule has 0 aliphatic heterocycles. The van der Waals surface area contributed by atoms with Crippen LogP contribution in [0.4, 0.5) is 18.3 Å². The number of rotatable bonds is 10. The number of carbonyl (C=O) groups is 2. The van der Waals surface area contributed by atoms with Gasteiger partial charge >= 0.3 is 12.3 Å². The Kier molecular flexibility index (Phi) is 8.72. The van der Waals surface area contributed by atoms with Crippen LogP contribution < -0.4 is 15.4 Å². The molecule has 0 unspecified atom stereocenters. The summed E-state index contributed by atoms with van der Waals surface area (Å²) in [6.07, 6.45) is -4.94. The lowest BCUT2D eigenvalue weighted by atomic mass is 10.1. The average Bonchev–Trinajstić information content (AvgIpc) is 3.32. The van der Waals surface area contributed by atoms with Crippen molar-refractivity contribution in [1.82, 2.24) is 10.3 Å². The molecule has 4 aromatic rings. The predicted octanol–water partition coefficient (Wildman–Crippen LogP) is 6.85. The second-order valence-electron chi connectivity index (χ2n) is 8.23. The van der Waals surface area contributed by atoms with E-state index in [-0.39, 0.29) is 24.6 Å². The number of halogens is 4. The molecule has 202 valence electrons. The first-order chi connectivity index (χ1) is 18.6. The van der Waals surface area contributed by atoms with Gasteiger partial charge in [0.25, 0.3) is 5.91 Å². The lowest BCUT2D eigenvalue weighted by Crippen LogP contribution is -2.25. The number of ether oxygens (including phenoxy) is 1. The summed E-state index contributed by atoms with van der Waals surface area (Å²) >= 11 is 7.42. The van der Waals surface area contributed by atoms with Crippen molar-refractivity contribution in [3.05, 3.63) is 88.9 Å².